The van der Waals surface area contributed by atoms with E-state index in [4.69, 9.17) is 11.6 Å². The summed E-state index contributed by atoms with van der Waals surface area (Å²) < 4.78 is 0.740. The van der Waals surface area contributed by atoms with E-state index in [9.17, 15) is 4.79 Å². The predicted molar refractivity (Wildman–Crippen MR) is 64.2 cm³/mol. The van der Waals surface area contributed by atoms with Crippen LogP contribution in [0.25, 0.3) is 0 Å². The molecule has 0 aliphatic carbocycles. The number of hydrogen-bond donors (Lipinski definition) is 2. The van der Waals surface area contributed by atoms with Gasteiger partial charge in [-0.3, -0.25) is 4.79 Å². The van der Waals surface area contributed by atoms with Gasteiger partial charge in [0.15, 0.2) is 0 Å². The molecule has 2 N–H and O–H groups in total. The Bertz CT molecular complexity index is 338. The van der Waals surface area contributed by atoms with Gasteiger partial charge < -0.3 is 10.6 Å². The van der Waals surface area contributed by atoms with Gasteiger partial charge >= 0.3 is 0 Å². The lowest BCUT2D eigenvalue weighted by atomic mass is 10.4. The molecule has 1 heterocycles. The van der Waals surface area contributed by atoms with E-state index in [-0.39, 0.29) is 5.91 Å². The summed E-state index contributed by atoms with van der Waals surface area (Å²) in [6.45, 7) is 5.03. The summed E-state index contributed by atoms with van der Waals surface area (Å²) in [7, 11) is 0. The highest BCUT2D eigenvalue weighted by atomic mass is 35.5. The van der Waals surface area contributed by atoms with Crippen molar-refractivity contribution >= 4 is 28.8 Å². The number of carbonyl (C=O) groups excluding carboxylic acids is 1. The predicted octanol–water partition coefficient (Wildman–Crippen LogP) is 1.79. The van der Waals surface area contributed by atoms with Crippen molar-refractivity contribution in [3.8, 4) is 0 Å². The van der Waals surface area contributed by atoms with Crippen LogP contribution in [0.3, 0.4) is 0 Å². The van der Waals surface area contributed by atoms with E-state index in [1.54, 1.807) is 6.08 Å². The van der Waals surface area contributed by atoms with E-state index in [1.165, 1.54) is 11.3 Å². The smallest absolute Gasteiger partial charge is 0.234 e. The Morgan fingerprint density at radius 1 is 1.60 bits per heavy atom. The lowest BCUT2D eigenvalue weighted by Gasteiger charge is -2.03. The van der Waals surface area contributed by atoms with E-state index < -0.39 is 0 Å². The SMILES string of the molecule is C=CCNCC(=O)NCc1ccc(Cl)s1. The fourth-order valence-corrected chi connectivity index (χ4v) is 2.01. The van der Waals surface area contributed by atoms with Gasteiger partial charge in [-0.1, -0.05) is 17.7 Å². The molecule has 0 aromatic carbocycles. The third kappa shape index (κ3) is 4.97. The van der Waals surface area contributed by atoms with Crippen LogP contribution in [0.15, 0.2) is 24.8 Å². The molecule has 15 heavy (non-hydrogen) atoms. The van der Waals surface area contributed by atoms with Gasteiger partial charge in [0.2, 0.25) is 5.91 Å². The Kier molecular flexibility index (Phi) is 5.39. The molecule has 5 heteroatoms. The Balaban J connectivity index is 2.19. The topological polar surface area (TPSA) is 41.1 Å². The first-order valence-electron chi connectivity index (χ1n) is 4.55. The summed E-state index contributed by atoms with van der Waals surface area (Å²) >= 11 is 7.23. The first-order valence-corrected chi connectivity index (χ1v) is 5.74. The molecule has 1 amide bonds. The number of hydrogen-bond acceptors (Lipinski definition) is 3. The van der Waals surface area contributed by atoms with Crippen molar-refractivity contribution < 1.29 is 4.79 Å². The van der Waals surface area contributed by atoms with E-state index in [0.29, 0.717) is 19.6 Å². The first-order chi connectivity index (χ1) is 7.22. The van der Waals surface area contributed by atoms with Gasteiger partial charge in [0.1, 0.15) is 0 Å². The van der Waals surface area contributed by atoms with Crippen LogP contribution < -0.4 is 10.6 Å². The zero-order valence-electron chi connectivity index (χ0n) is 8.25. The van der Waals surface area contributed by atoms with Crippen LogP contribution in [-0.4, -0.2) is 19.0 Å². The summed E-state index contributed by atoms with van der Waals surface area (Å²) in [6.07, 6.45) is 1.71. The normalized spacial score (nSPS) is 9.93. The van der Waals surface area contributed by atoms with Crippen molar-refractivity contribution in [3.63, 3.8) is 0 Å². The number of nitrogens with one attached hydrogen (secondary N) is 2. The third-order valence-electron chi connectivity index (χ3n) is 1.66. The van der Waals surface area contributed by atoms with Gasteiger partial charge in [0.05, 0.1) is 17.4 Å². The maximum Gasteiger partial charge on any atom is 0.234 e. The molecule has 1 aromatic heterocycles. The monoisotopic (exact) mass is 244 g/mol. The highest BCUT2D eigenvalue weighted by molar-refractivity contribution is 7.16. The van der Waals surface area contributed by atoms with Gasteiger partial charge in [0.25, 0.3) is 0 Å². The second-order valence-electron chi connectivity index (χ2n) is 2.90. The molecule has 3 nitrogen and oxygen atoms in total. The average molecular weight is 245 g/mol. The van der Waals surface area contributed by atoms with Crippen LogP contribution in [0.2, 0.25) is 4.34 Å². The first kappa shape index (κ1) is 12.2. The van der Waals surface area contributed by atoms with Crippen LogP contribution in [-0.2, 0) is 11.3 Å². The number of halogens is 1. The molecule has 0 bridgehead atoms. The molecule has 0 spiro atoms. The second-order valence-corrected chi connectivity index (χ2v) is 4.70. The number of amides is 1. The minimum atomic E-state index is -0.0265. The maximum absolute atomic E-state index is 11.3. The molecule has 1 rings (SSSR count). The van der Waals surface area contributed by atoms with Gasteiger partial charge in [-0.2, -0.15) is 0 Å². The van der Waals surface area contributed by atoms with Crippen molar-refractivity contribution in [1.82, 2.24) is 10.6 Å². The van der Waals surface area contributed by atoms with Crippen LogP contribution in [0.5, 0.6) is 0 Å². The summed E-state index contributed by atoms with van der Waals surface area (Å²) in [5.41, 5.74) is 0. The molecule has 0 radical (unpaired) electrons. The van der Waals surface area contributed by atoms with Gasteiger partial charge in [-0.25, -0.2) is 0 Å². The Morgan fingerprint density at radius 2 is 2.40 bits per heavy atom. The minimum absolute atomic E-state index is 0.0265. The summed E-state index contributed by atoms with van der Waals surface area (Å²) in [6, 6.07) is 3.73. The largest absolute Gasteiger partial charge is 0.350 e. The molecule has 0 saturated carbocycles. The average Bonchev–Trinajstić information content (AvgIpc) is 2.62. The van der Waals surface area contributed by atoms with E-state index in [0.717, 1.165) is 9.21 Å². The lowest BCUT2D eigenvalue weighted by Crippen LogP contribution is -2.33. The molecule has 82 valence electrons. The van der Waals surface area contributed by atoms with Gasteiger partial charge in [0, 0.05) is 11.4 Å². The molecule has 0 aliphatic rings. The van der Waals surface area contributed by atoms with Crippen molar-refractivity contribution in [2.45, 2.75) is 6.54 Å². The third-order valence-corrected chi connectivity index (χ3v) is 2.89. The van der Waals surface area contributed by atoms with Crippen LogP contribution in [0.1, 0.15) is 4.88 Å². The molecule has 0 unspecified atom stereocenters. The molecular weight excluding hydrogens is 232 g/mol. The summed E-state index contributed by atoms with van der Waals surface area (Å²) in [4.78, 5) is 12.3. The minimum Gasteiger partial charge on any atom is -0.350 e. The quantitative estimate of drug-likeness (QED) is 0.592. The van der Waals surface area contributed by atoms with Crippen molar-refractivity contribution in [2.24, 2.45) is 0 Å². The van der Waals surface area contributed by atoms with E-state index in [1.807, 2.05) is 12.1 Å². The highest BCUT2D eigenvalue weighted by Crippen LogP contribution is 2.20. The number of rotatable bonds is 6. The lowest BCUT2D eigenvalue weighted by molar-refractivity contribution is -0.120. The van der Waals surface area contributed by atoms with Crippen LogP contribution in [0, 0.1) is 0 Å². The fourth-order valence-electron chi connectivity index (χ4n) is 0.983. The molecular formula is C10H13ClN2OS. The molecule has 0 fully saturated rings. The Labute approximate surface area is 98.1 Å². The van der Waals surface area contributed by atoms with E-state index >= 15 is 0 Å². The fraction of sp³-hybridized carbons (Fsp3) is 0.300. The van der Waals surface area contributed by atoms with Crippen molar-refractivity contribution in [1.29, 1.82) is 0 Å². The highest BCUT2D eigenvalue weighted by Gasteiger charge is 2.01. The summed E-state index contributed by atoms with van der Waals surface area (Å²) in [5, 5.41) is 5.71. The van der Waals surface area contributed by atoms with Crippen molar-refractivity contribution in [2.75, 3.05) is 13.1 Å². The van der Waals surface area contributed by atoms with E-state index in [2.05, 4.69) is 17.2 Å². The molecule has 0 saturated heterocycles. The Hall–Kier alpha value is -0.840. The standard InChI is InChI=1S/C10H13ClN2OS/c1-2-5-12-7-10(14)13-6-8-3-4-9(11)15-8/h2-4,12H,1,5-7H2,(H,13,14). The van der Waals surface area contributed by atoms with Crippen molar-refractivity contribution in [3.05, 3.63) is 34.0 Å². The molecule has 0 atom stereocenters. The summed E-state index contributed by atoms with van der Waals surface area (Å²) in [5.74, 6) is -0.0265. The number of carbonyl (C=O) groups is 1. The van der Waals surface area contributed by atoms with Gasteiger partial charge in [-0.05, 0) is 12.1 Å². The Morgan fingerprint density at radius 3 is 3.00 bits per heavy atom. The van der Waals surface area contributed by atoms with Crippen LogP contribution >= 0.6 is 22.9 Å². The zero-order chi connectivity index (χ0) is 11.1. The molecule has 1 aromatic rings. The molecule has 0 aliphatic heterocycles. The zero-order valence-corrected chi connectivity index (χ0v) is 9.83. The number of thiophene rings is 1. The second kappa shape index (κ2) is 6.61. The maximum atomic E-state index is 11.3. The van der Waals surface area contributed by atoms with Crippen LogP contribution in [0.4, 0.5) is 0 Å². The van der Waals surface area contributed by atoms with Gasteiger partial charge in [-0.15, -0.1) is 17.9 Å².